The summed E-state index contributed by atoms with van der Waals surface area (Å²) in [7, 11) is 4.28. The van der Waals surface area contributed by atoms with Gasteiger partial charge in [-0.15, -0.1) is 0 Å². The van der Waals surface area contributed by atoms with Crippen LogP contribution in [0.4, 0.5) is 0 Å². The number of nitrogens with two attached hydrogens (primary N) is 1. The monoisotopic (exact) mass is 257 g/mol. The zero-order valence-corrected chi connectivity index (χ0v) is 12.3. The number of rotatable bonds is 7. The van der Waals surface area contributed by atoms with Gasteiger partial charge in [0.25, 0.3) is 0 Å². The Balaban J connectivity index is 2.39. The summed E-state index contributed by atoms with van der Waals surface area (Å²) in [5.41, 5.74) is 6.18. The molecule has 1 heterocycles. The molecule has 0 amide bonds. The molecule has 3 N–H and O–H groups in total. The van der Waals surface area contributed by atoms with Gasteiger partial charge in [0.1, 0.15) is 0 Å². The van der Waals surface area contributed by atoms with E-state index < -0.39 is 0 Å². The van der Waals surface area contributed by atoms with E-state index in [0.29, 0.717) is 0 Å². The van der Waals surface area contributed by atoms with Crippen LogP contribution in [0.15, 0.2) is 0 Å². The van der Waals surface area contributed by atoms with Crippen molar-refractivity contribution < 1.29 is 5.11 Å². The van der Waals surface area contributed by atoms with Gasteiger partial charge >= 0.3 is 0 Å². The maximum absolute atomic E-state index is 9.56. The van der Waals surface area contributed by atoms with Crippen molar-refractivity contribution in [3.05, 3.63) is 0 Å². The Kier molecular flexibility index (Phi) is 7.15. The minimum Gasteiger partial charge on any atom is -0.395 e. The Bertz CT molecular complexity index is 215. The first-order valence-corrected chi connectivity index (χ1v) is 7.33. The molecule has 2 atom stereocenters. The smallest absolute Gasteiger partial charge is 0.0601 e. The SMILES string of the molecule is CCCC(N)C(CO)N1CCC(CN(C)C)CC1. The molecule has 0 aromatic rings. The molecule has 1 fully saturated rings. The molecule has 18 heavy (non-hydrogen) atoms. The first kappa shape index (κ1) is 15.9. The lowest BCUT2D eigenvalue weighted by Crippen LogP contribution is -2.53. The van der Waals surface area contributed by atoms with Crippen molar-refractivity contribution in [1.29, 1.82) is 0 Å². The molecule has 108 valence electrons. The van der Waals surface area contributed by atoms with E-state index in [2.05, 4.69) is 30.8 Å². The van der Waals surface area contributed by atoms with Gasteiger partial charge in [-0.2, -0.15) is 0 Å². The van der Waals surface area contributed by atoms with Gasteiger partial charge in [0, 0.05) is 18.6 Å². The molecule has 1 rings (SSSR count). The summed E-state index contributed by atoms with van der Waals surface area (Å²) in [6, 6.07) is 0.274. The number of aliphatic hydroxyl groups excluding tert-OH is 1. The Hall–Kier alpha value is -0.160. The van der Waals surface area contributed by atoms with Crippen molar-refractivity contribution in [3.63, 3.8) is 0 Å². The molecule has 4 heteroatoms. The molecular weight excluding hydrogens is 226 g/mol. The zero-order valence-electron chi connectivity index (χ0n) is 12.3. The average molecular weight is 257 g/mol. The molecule has 0 spiro atoms. The first-order chi connectivity index (χ1) is 8.58. The molecule has 0 aromatic heterocycles. The standard InChI is InChI=1S/C14H31N3O/c1-4-5-13(15)14(11-18)17-8-6-12(7-9-17)10-16(2)3/h12-14,18H,4-11,15H2,1-3H3. The lowest BCUT2D eigenvalue weighted by Gasteiger charge is -2.39. The molecule has 0 aliphatic carbocycles. The minimum absolute atomic E-state index is 0.116. The molecule has 1 saturated heterocycles. The van der Waals surface area contributed by atoms with Crippen LogP contribution in [0.3, 0.4) is 0 Å². The van der Waals surface area contributed by atoms with E-state index in [-0.39, 0.29) is 18.7 Å². The second-order valence-corrected chi connectivity index (χ2v) is 5.94. The van der Waals surface area contributed by atoms with Gasteiger partial charge in [-0.25, -0.2) is 0 Å². The van der Waals surface area contributed by atoms with Crippen molar-refractivity contribution in [2.24, 2.45) is 11.7 Å². The molecule has 0 bridgehead atoms. The van der Waals surface area contributed by atoms with Crippen LogP contribution < -0.4 is 5.73 Å². The third kappa shape index (κ3) is 4.84. The van der Waals surface area contributed by atoms with Gasteiger partial charge in [0.15, 0.2) is 0 Å². The van der Waals surface area contributed by atoms with Crippen molar-refractivity contribution in [3.8, 4) is 0 Å². The van der Waals surface area contributed by atoms with Crippen LogP contribution in [-0.2, 0) is 0 Å². The molecule has 1 aliphatic heterocycles. The van der Waals surface area contributed by atoms with Gasteiger partial charge in [-0.1, -0.05) is 13.3 Å². The first-order valence-electron chi connectivity index (χ1n) is 7.33. The number of piperidine rings is 1. The Morgan fingerprint density at radius 2 is 1.94 bits per heavy atom. The highest BCUT2D eigenvalue weighted by atomic mass is 16.3. The lowest BCUT2D eigenvalue weighted by atomic mass is 9.93. The number of likely N-dealkylation sites (tertiary alicyclic amines) is 1. The maximum Gasteiger partial charge on any atom is 0.0601 e. The fourth-order valence-corrected chi connectivity index (χ4v) is 3.03. The molecule has 0 radical (unpaired) electrons. The van der Waals surface area contributed by atoms with E-state index in [1.807, 2.05) is 0 Å². The van der Waals surface area contributed by atoms with Gasteiger partial charge < -0.3 is 15.7 Å². The van der Waals surface area contributed by atoms with Crippen molar-refractivity contribution >= 4 is 0 Å². The minimum atomic E-state index is 0.116. The molecule has 0 aromatic carbocycles. The fraction of sp³-hybridized carbons (Fsp3) is 1.00. The van der Waals surface area contributed by atoms with Crippen LogP contribution >= 0.6 is 0 Å². The molecular formula is C14H31N3O. The largest absolute Gasteiger partial charge is 0.395 e. The maximum atomic E-state index is 9.56. The molecule has 1 aliphatic rings. The third-order valence-corrected chi connectivity index (χ3v) is 4.04. The van der Waals surface area contributed by atoms with Gasteiger partial charge in [0.2, 0.25) is 0 Å². The van der Waals surface area contributed by atoms with E-state index in [1.165, 1.54) is 19.4 Å². The zero-order chi connectivity index (χ0) is 13.5. The Morgan fingerprint density at radius 1 is 1.33 bits per heavy atom. The summed E-state index contributed by atoms with van der Waals surface area (Å²) in [5.74, 6) is 0.804. The lowest BCUT2D eigenvalue weighted by molar-refractivity contribution is 0.0648. The summed E-state index contributed by atoms with van der Waals surface area (Å²) in [5, 5.41) is 9.56. The van der Waals surface area contributed by atoms with Gasteiger partial charge in [-0.3, -0.25) is 4.90 Å². The van der Waals surface area contributed by atoms with E-state index in [9.17, 15) is 5.11 Å². The van der Waals surface area contributed by atoms with Crippen LogP contribution in [0.2, 0.25) is 0 Å². The highest BCUT2D eigenvalue weighted by Crippen LogP contribution is 2.21. The number of aliphatic hydroxyl groups is 1. The van der Waals surface area contributed by atoms with Crippen LogP contribution in [0.5, 0.6) is 0 Å². The van der Waals surface area contributed by atoms with E-state index in [1.54, 1.807) is 0 Å². The number of nitrogens with zero attached hydrogens (tertiary/aromatic N) is 2. The van der Waals surface area contributed by atoms with E-state index in [4.69, 9.17) is 5.73 Å². The third-order valence-electron chi connectivity index (χ3n) is 4.04. The summed E-state index contributed by atoms with van der Waals surface area (Å²) >= 11 is 0. The second kappa shape index (κ2) is 8.10. The summed E-state index contributed by atoms with van der Waals surface area (Å²) in [6.45, 7) is 5.69. The highest BCUT2D eigenvalue weighted by molar-refractivity contribution is 4.85. The topological polar surface area (TPSA) is 52.7 Å². The van der Waals surface area contributed by atoms with E-state index in [0.717, 1.165) is 31.8 Å². The fourth-order valence-electron chi connectivity index (χ4n) is 3.03. The normalized spacial score (nSPS) is 22.3. The molecule has 4 nitrogen and oxygen atoms in total. The predicted octanol–water partition coefficient (Wildman–Crippen LogP) is 0.748. The van der Waals surface area contributed by atoms with Crippen LogP contribution in [0.1, 0.15) is 32.6 Å². The van der Waals surface area contributed by atoms with Crippen LogP contribution in [-0.4, -0.2) is 67.3 Å². The van der Waals surface area contributed by atoms with Crippen LogP contribution in [0.25, 0.3) is 0 Å². The predicted molar refractivity (Wildman–Crippen MR) is 76.6 cm³/mol. The van der Waals surface area contributed by atoms with Crippen LogP contribution in [0, 0.1) is 5.92 Å². The van der Waals surface area contributed by atoms with E-state index >= 15 is 0 Å². The van der Waals surface area contributed by atoms with Crippen molar-refractivity contribution in [1.82, 2.24) is 9.80 Å². The quantitative estimate of drug-likeness (QED) is 0.707. The average Bonchev–Trinajstić information content (AvgIpc) is 2.32. The second-order valence-electron chi connectivity index (χ2n) is 5.94. The van der Waals surface area contributed by atoms with Gasteiger partial charge in [0.05, 0.1) is 6.61 Å². The molecule has 0 saturated carbocycles. The van der Waals surface area contributed by atoms with Crippen molar-refractivity contribution in [2.75, 3.05) is 40.3 Å². The molecule has 2 unspecified atom stereocenters. The Morgan fingerprint density at radius 3 is 2.39 bits per heavy atom. The summed E-state index contributed by atoms with van der Waals surface area (Å²) in [6.07, 6.45) is 4.55. The summed E-state index contributed by atoms with van der Waals surface area (Å²) in [4.78, 5) is 4.67. The Labute approximate surface area is 112 Å². The number of hydrogen-bond acceptors (Lipinski definition) is 4. The number of hydrogen-bond donors (Lipinski definition) is 2. The van der Waals surface area contributed by atoms with Gasteiger partial charge in [-0.05, 0) is 52.4 Å². The summed E-state index contributed by atoms with van der Waals surface area (Å²) < 4.78 is 0. The van der Waals surface area contributed by atoms with Crippen molar-refractivity contribution in [2.45, 2.75) is 44.7 Å². The highest BCUT2D eigenvalue weighted by Gasteiger charge is 2.28.